The van der Waals surface area contributed by atoms with E-state index in [1.54, 1.807) is 0 Å². The van der Waals surface area contributed by atoms with Gasteiger partial charge in [-0.15, -0.1) is 0 Å². The molecule has 1 N–H and O–H groups in total. The lowest BCUT2D eigenvalue weighted by Crippen LogP contribution is -2.40. The van der Waals surface area contributed by atoms with Gasteiger partial charge in [-0.1, -0.05) is 24.3 Å². The van der Waals surface area contributed by atoms with Crippen molar-refractivity contribution in [3.05, 3.63) is 60.4 Å². The van der Waals surface area contributed by atoms with Crippen LogP contribution in [0.25, 0.3) is 0 Å². The minimum Gasteiger partial charge on any atom is -0.325 e. The second kappa shape index (κ2) is 7.18. The molecule has 4 heteroatoms. The predicted molar refractivity (Wildman–Crippen MR) is 87.6 cm³/mol. The molecule has 0 unspecified atom stereocenters. The number of anilines is 1. The molecule has 1 amide bonds. The highest BCUT2D eigenvalue weighted by molar-refractivity contribution is 5.94. The Morgan fingerprint density at radius 1 is 1.18 bits per heavy atom. The summed E-state index contributed by atoms with van der Waals surface area (Å²) in [6, 6.07) is 15.6. The standard InChI is InChI=1S/C18H21N3O/c22-18(20-16-8-2-1-3-9-16)17-10-6-13-21(17)14-11-15-7-4-5-12-19-15/h1-5,7-9,12,17H,6,10-11,13-14H2,(H,20,22)/t17-/m1/s1. The molecular formula is C18H21N3O. The van der Waals surface area contributed by atoms with Crippen molar-refractivity contribution in [3.63, 3.8) is 0 Å². The van der Waals surface area contributed by atoms with E-state index in [2.05, 4.69) is 15.2 Å². The van der Waals surface area contributed by atoms with Gasteiger partial charge < -0.3 is 5.32 Å². The van der Waals surface area contributed by atoms with E-state index in [-0.39, 0.29) is 11.9 Å². The molecule has 0 spiro atoms. The fourth-order valence-electron chi connectivity index (χ4n) is 2.94. The van der Waals surface area contributed by atoms with Crippen LogP contribution in [-0.2, 0) is 11.2 Å². The molecule has 0 aliphatic carbocycles. The summed E-state index contributed by atoms with van der Waals surface area (Å²) < 4.78 is 0. The fraction of sp³-hybridized carbons (Fsp3) is 0.333. The number of hydrogen-bond acceptors (Lipinski definition) is 3. The Labute approximate surface area is 131 Å². The highest BCUT2D eigenvalue weighted by Gasteiger charge is 2.30. The van der Waals surface area contributed by atoms with Gasteiger partial charge >= 0.3 is 0 Å². The summed E-state index contributed by atoms with van der Waals surface area (Å²) in [7, 11) is 0. The molecule has 1 aromatic heterocycles. The first-order valence-electron chi connectivity index (χ1n) is 7.83. The summed E-state index contributed by atoms with van der Waals surface area (Å²) in [4.78, 5) is 19.1. The van der Waals surface area contributed by atoms with Gasteiger partial charge in [0, 0.05) is 30.5 Å². The zero-order chi connectivity index (χ0) is 15.2. The second-order valence-corrected chi connectivity index (χ2v) is 5.62. The van der Waals surface area contributed by atoms with Crippen molar-refractivity contribution in [1.82, 2.24) is 9.88 Å². The zero-order valence-corrected chi connectivity index (χ0v) is 12.6. The van der Waals surface area contributed by atoms with Crippen LogP contribution in [0.5, 0.6) is 0 Å². The van der Waals surface area contributed by atoms with Crippen LogP contribution in [0, 0.1) is 0 Å². The van der Waals surface area contributed by atoms with E-state index < -0.39 is 0 Å². The Morgan fingerprint density at radius 3 is 2.77 bits per heavy atom. The van der Waals surface area contributed by atoms with Crippen molar-refractivity contribution in [2.75, 3.05) is 18.4 Å². The summed E-state index contributed by atoms with van der Waals surface area (Å²) in [6.07, 6.45) is 4.71. The number of likely N-dealkylation sites (tertiary alicyclic amines) is 1. The Morgan fingerprint density at radius 2 is 2.00 bits per heavy atom. The van der Waals surface area contributed by atoms with Crippen LogP contribution in [0.15, 0.2) is 54.7 Å². The Hall–Kier alpha value is -2.20. The lowest BCUT2D eigenvalue weighted by molar-refractivity contribution is -0.120. The van der Waals surface area contributed by atoms with E-state index in [0.29, 0.717) is 0 Å². The number of hydrogen-bond donors (Lipinski definition) is 1. The normalized spacial score (nSPS) is 18.3. The van der Waals surface area contributed by atoms with E-state index in [1.165, 1.54) is 0 Å². The molecule has 1 aliphatic rings. The number of carbonyl (C=O) groups is 1. The third-order valence-electron chi connectivity index (χ3n) is 4.09. The molecule has 3 rings (SSSR count). The van der Waals surface area contributed by atoms with Gasteiger partial charge in [-0.05, 0) is 43.7 Å². The number of benzene rings is 1. The quantitative estimate of drug-likeness (QED) is 0.922. The van der Waals surface area contributed by atoms with Crippen molar-refractivity contribution in [3.8, 4) is 0 Å². The van der Waals surface area contributed by atoms with E-state index in [4.69, 9.17) is 0 Å². The molecule has 4 nitrogen and oxygen atoms in total. The van der Waals surface area contributed by atoms with E-state index in [9.17, 15) is 4.79 Å². The third kappa shape index (κ3) is 3.71. The largest absolute Gasteiger partial charge is 0.325 e. The van der Waals surface area contributed by atoms with Gasteiger partial charge in [0.15, 0.2) is 0 Å². The molecule has 1 atom stereocenters. The Balaban J connectivity index is 1.57. The van der Waals surface area contributed by atoms with Crippen molar-refractivity contribution < 1.29 is 4.79 Å². The minimum atomic E-state index is -0.0241. The Bertz CT molecular complexity index is 600. The number of nitrogens with one attached hydrogen (secondary N) is 1. The van der Waals surface area contributed by atoms with Crippen molar-refractivity contribution >= 4 is 11.6 Å². The predicted octanol–water partition coefficient (Wildman–Crippen LogP) is 2.73. The van der Waals surface area contributed by atoms with Crippen LogP contribution in [0.1, 0.15) is 18.5 Å². The molecule has 1 aliphatic heterocycles. The number of aromatic nitrogens is 1. The summed E-state index contributed by atoms with van der Waals surface area (Å²) in [6.45, 7) is 1.86. The summed E-state index contributed by atoms with van der Waals surface area (Å²) in [5, 5.41) is 3.02. The van der Waals surface area contributed by atoms with Crippen LogP contribution in [0.3, 0.4) is 0 Å². The molecule has 1 saturated heterocycles. The SMILES string of the molecule is O=C(Nc1ccccc1)[C@H]1CCCN1CCc1ccccn1. The van der Waals surface area contributed by atoms with Gasteiger partial charge in [0.2, 0.25) is 5.91 Å². The second-order valence-electron chi connectivity index (χ2n) is 5.62. The summed E-state index contributed by atoms with van der Waals surface area (Å²) >= 11 is 0. The van der Waals surface area contributed by atoms with Gasteiger partial charge in [-0.3, -0.25) is 14.7 Å². The maximum absolute atomic E-state index is 12.5. The van der Waals surface area contributed by atoms with Crippen molar-refractivity contribution in [1.29, 1.82) is 0 Å². The number of rotatable bonds is 5. The summed E-state index contributed by atoms with van der Waals surface area (Å²) in [5.74, 6) is 0.102. The van der Waals surface area contributed by atoms with Crippen LogP contribution in [0.2, 0.25) is 0 Å². The first kappa shape index (κ1) is 14.7. The molecule has 2 aromatic rings. The average molecular weight is 295 g/mol. The lowest BCUT2D eigenvalue weighted by atomic mass is 10.2. The van der Waals surface area contributed by atoms with Crippen LogP contribution >= 0.6 is 0 Å². The smallest absolute Gasteiger partial charge is 0.241 e. The molecule has 1 aromatic carbocycles. The molecule has 114 valence electrons. The van der Waals surface area contributed by atoms with Crippen LogP contribution in [-0.4, -0.2) is 34.9 Å². The molecule has 0 saturated carbocycles. The molecule has 0 radical (unpaired) electrons. The molecule has 2 heterocycles. The van der Waals surface area contributed by atoms with E-state index in [1.807, 2.05) is 54.7 Å². The van der Waals surface area contributed by atoms with Gasteiger partial charge in [0.25, 0.3) is 0 Å². The van der Waals surface area contributed by atoms with Crippen LogP contribution in [0.4, 0.5) is 5.69 Å². The van der Waals surface area contributed by atoms with Crippen LogP contribution < -0.4 is 5.32 Å². The number of pyridine rings is 1. The van der Waals surface area contributed by atoms with Crippen molar-refractivity contribution in [2.45, 2.75) is 25.3 Å². The monoisotopic (exact) mass is 295 g/mol. The molecule has 1 fully saturated rings. The van der Waals surface area contributed by atoms with E-state index >= 15 is 0 Å². The fourth-order valence-corrected chi connectivity index (χ4v) is 2.94. The minimum absolute atomic E-state index is 0.0241. The number of amides is 1. The highest BCUT2D eigenvalue weighted by atomic mass is 16.2. The van der Waals surface area contributed by atoms with Gasteiger partial charge in [0.05, 0.1) is 6.04 Å². The average Bonchev–Trinajstić information content (AvgIpc) is 3.03. The topological polar surface area (TPSA) is 45.2 Å². The number of para-hydroxylation sites is 1. The zero-order valence-electron chi connectivity index (χ0n) is 12.6. The first-order valence-corrected chi connectivity index (χ1v) is 7.83. The first-order chi connectivity index (χ1) is 10.8. The highest BCUT2D eigenvalue weighted by Crippen LogP contribution is 2.19. The van der Waals surface area contributed by atoms with Gasteiger partial charge in [-0.2, -0.15) is 0 Å². The molecule has 22 heavy (non-hydrogen) atoms. The van der Waals surface area contributed by atoms with Crippen molar-refractivity contribution in [2.24, 2.45) is 0 Å². The van der Waals surface area contributed by atoms with Gasteiger partial charge in [-0.25, -0.2) is 0 Å². The maximum atomic E-state index is 12.5. The number of carbonyl (C=O) groups excluding carboxylic acids is 1. The maximum Gasteiger partial charge on any atom is 0.241 e. The Kier molecular flexibility index (Phi) is 4.81. The van der Waals surface area contributed by atoms with E-state index in [0.717, 1.165) is 43.7 Å². The lowest BCUT2D eigenvalue weighted by Gasteiger charge is -2.23. The van der Waals surface area contributed by atoms with Gasteiger partial charge in [0.1, 0.15) is 0 Å². The molecule has 0 bridgehead atoms. The molecular weight excluding hydrogens is 274 g/mol. The number of nitrogens with zero attached hydrogens (tertiary/aromatic N) is 2. The summed E-state index contributed by atoms with van der Waals surface area (Å²) in [5.41, 5.74) is 1.95. The third-order valence-corrected chi connectivity index (χ3v) is 4.09.